The zero-order valence-corrected chi connectivity index (χ0v) is 15.5. The largest absolute Gasteiger partial charge is 0.352 e. The Kier molecular flexibility index (Phi) is 5.15. The molecule has 1 amide bonds. The summed E-state index contributed by atoms with van der Waals surface area (Å²) in [4.78, 5) is 14.7. The van der Waals surface area contributed by atoms with Crippen molar-refractivity contribution in [2.24, 2.45) is 5.92 Å². The van der Waals surface area contributed by atoms with Gasteiger partial charge in [-0.1, -0.05) is 29.5 Å². The molecule has 140 valence electrons. The van der Waals surface area contributed by atoms with Crippen molar-refractivity contribution in [3.63, 3.8) is 0 Å². The molecule has 27 heavy (non-hydrogen) atoms. The summed E-state index contributed by atoms with van der Waals surface area (Å²) in [5.74, 6) is -0.475. The molecule has 1 aromatic carbocycles. The topological polar surface area (TPSA) is 63.1 Å². The number of anilines is 1. The Morgan fingerprint density at radius 1 is 1.19 bits per heavy atom. The Balaban J connectivity index is 1.38. The van der Waals surface area contributed by atoms with Gasteiger partial charge < -0.3 is 10.2 Å². The second-order valence-electron chi connectivity index (χ2n) is 6.55. The van der Waals surface area contributed by atoms with Crippen LogP contribution < -0.4 is 10.2 Å². The van der Waals surface area contributed by atoms with Gasteiger partial charge in [0.05, 0.1) is 5.92 Å². The SMILES string of the molecule is O=C(NCc1ccccc1F)[C@H]1CCCN(c2nnc(-n3cccc3)s2)C1. The first-order valence-electron chi connectivity index (χ1n) is 8.93. The second kappa shape index (κ2) is 7.87. The van der Waals surface area contributed by atoms with Crippen molar-refractivity contribution in [1.29, 1.82) is 0 Å². The van der Waals surface area contributed by atoms with Gasteiger partial charge in [0.15, 0.2) is 0 Å². The lowest BCUT2D eigenvalue weighted by molar-refractivity contribution is -0.125. The van der Waals surface area contributed by atoms with Crippen LogP contribution in [0.1, 0.15) is 18.4 Å². The normalized spacial score (nSPS) is 17.1. The number of carbonyl (C=O) groups is 1. The molecule has 3 heterocycles. The molecular formula is C19H20FN5OS. The number of piperidine rings is 1. The first kappa shape index (κ1) is 17.7. The smallest absolute Gasteiger partial charge is 0.225 e. The monoisotopic (exact) mass is 385 g/mol. The molecule has 0 unspecified atom stereocenters. The highest BCUT2D eigenvalue weighted by Gasteiger charge is 2.27. The molecule has 4 rings (SSSR count). The average molecular weight is 385 g/mol. The van der Waals surface area contributed by atoms with Crippen LogP contribution in [0, 0.1) is 11.7 Å². The fraction of sp³-hybridized carbons (Fsp3) is 0.316. The predicted octanol–water partition coefficient (Wildman–Crippen LogP) is 3.00. The third-order valence-electron chi connectivity index (χ3n) is 4.70. The Morgan fingerprint density at radius 2 is 1.96 bits per heavy atom. The van der Waals surface area contributed by atoms with Crippen molar-refractivity contribution < 1.29 is 9.18 Å². The van der Waals surface area contributed by atoms with E-state index in [0.717, 1.165) is 29.6 Å². The van der Waals surface area contributed by atoms with Gasteiger partial charge in [-0.15, -0.1) is 10.2 Å². The van der Waals surface area contributed by atoms with Crippen LogP contribution in [-0.2, 0) is 11.3 Å². The van der Waals surface area contributed by atoms with Crippen molar-refractivity contribution in [2.75, 3.05) is 18.0 Å². The van der Waals surface area contributed by atoms with Crippen LogP contribution >= 0.6 is 11.3 Å². The van der Waals surface area contributed by atoms with E-state index in [4.69, 9.17) is 0 Å². The fourth-order valence-corrected chi connectivity index (χ4v) is 4.08. The standard InChI is InChI=1S/C19H20FN5OS/c20-16-8-2-1-6-14(16)12-21-17(26)15-7-5-11-25(13-15)19-23-22-18(27-19)24-9-3-4-10-24/h1-4,6,8-10,15H,5,7,11-13H2,(H,21,26)/t15-/m0/s1. The number of rotatable bonds is 5. The predicted molar refractivity (Wildman–Crippen MR) is 102 cm³/mol. The zero-order chi connectivity index (χ0) is 18.6. The zero-order valence-electron chi connectivity index (χ0n) is 14.7. The van der Waals surface area contributed by atoms with Gasteiger partial charge in [-0.3, -0.25) is 9.36 Å². The van der Waals surface area contributed by atoms with Crippen LogP contribution in [0.25, 0.3) is 5.13 Å². The van der Waals surface area contributed by atoms with E-state index in [1.165, 1.54) is 17.4 Å². The van der Waals surface area contributed by atoms with Crippen LogP contribution in [-0.4, -0.2) is 33.8 Å². The molecule has 0 spiro atoms. The third-order valence-corrected chi connectivity index (χ3v) is 5.70. The van der Waals surface area contributed by atoms with E-state index in [1.807, 2.05) is 29.1 Å². The van der Waals surface area contributed by atoms with Crippen molar-refractivity contribution in [3.8, 4) is 5.13 Å². The Labute approximate surface area is 160 Å². The van der Waals surface area contributed by atoms with Crippen molar-refractivity contribution >= 4 is 22.4 Å². The molecule has 0 bridgehead atoms. The van der Waals surface area contributed by atoms with Crippen LogP contribution in [0.4, 0.5) is 9.52 Å². The molecule has 1 saturated heterocycles. The van der Waals surface area contributed by atoms with Crippen LogP contribution in [0.2, 0.25) is 0 Å². The quantitative estimate of drug-likeness (QED) is 0.733. The van der Waals surface area contributed by atoms with E-state index in [-0.39, 0.29) is 24.2 Å². The highest BCUT2D eigenvalue weighted by atomic mass is 32.1. The van der Waals surface area contributed by atoms with Gasteiger partial charge in [0.1, 0.15) is 5.82 Å². The van der Waals surface area contributed by atoms with Gasteiger partial charge in [-0.05, 0) is 31.0 Å². The van der Waals surface area contributed by atoms with E-state index in [9.17, 15) is 9.18 Å². The maximum absolute atomic E-state index is 13.7. The summed E-state index contributed by atoms with van der Waals surface area (Å²) in [6, 6.07) is 10.4. The number of nitrogens with zero attached hydrogens (tertiary/aromatic N) is 4. The number of amides is 1. The molecule has 1 atom stereocenters. The average Bonchev–Trinajstić information content (AvgIpc) is 3.39. The van der Waals surface area contributed by atoms with E-state index in [1.54, 1.807) is 18.2 Å². The van der Waals surface area contributed by atoms with Crippen molar-refractivity contribution in [1.82, 2.24) is 20.1 Å². The maximum Gasteiger partial charge on any atom is 0.225 e. The van der Waals surface area contributed by atoms with Crippen LogP contribution in [0.3, 0.4) is 0 Å². The molecule has 0 radical (unpaired) electrons. The lowest BCUT2D eigenvalue weighted by atomic mass is 9.97. The van der Waals surface area contributed by atoms with E-state index in [0.29, 0.717) is 12.1 Å². The molecule has 2 aromatic heterocycles. The van der Waals surface area contributed by atoms with Gasteiger partial charge in [-0.2, -0.15) is 0 Å². The lowest BCUT2D eigenvalue weighted by Gasteiger charge is -2.31. The number of hydrogen-bond acceptors (Lipinski definition) is 5. The van der Waals surface area contributed by atoms with Gasteiger partial charge in [0, 0.05) is 37.6 Å². The highest BCUT2D eigenvalue weighted by molar-refractivity contribution is 7.17. The Morgan fingerprint density at radius 3 is 2.78 bits per heavy atom. The third kappa shape index (κ3) is 4.00. The molecule has 1 fully saturated rings. The summed E-state index contributed by atoms with van der Waals surface area (Å²) in [5, 5.41) is 13.0. The van der Waals surface area contributed by atoms with Gasteiger partial charge >= 0.3 is 0 Å². The lowest BCUT2D eigenvalue weighted by Crippen LogP contribution is -2.43. The molecule has 0 saturated carbocycles. The molecule has 8 heteroatoms. The minimum atomic E-state index is -0.297. The summed E-state index contributed by atoms with van der Waals surface area (Å²) < 4.78 is 15.6. The summed E-state index contributed by atoms with van der Waals surface area (Å²) in [5.41, 5.74) is 0.499. The van der Waals surface area contributed by atoms with E-state index in [2.05, 4.69) is 20.4 Å². The van der Waals surface area contributed by atoms with Crippen LogP contribution in [0.5, 0.6) is 0 Å². The molecule has 0 aliphatic carbocycles. The second-order valence-corrected chi connectivity index (χ2v) is 7.49. The summed E-state index contributed by atoms with van der Waals surface area (Å²) in [6.45, 7) is 1.67. The maximum atomic E-state index is 13.7. The number of nitrogens with one attached hydrogen (secondary N) is 1. The summed E-state index contributed by atoms with van der Waals surface area (Å²) in [7, 11) is 0. The number of halogens is 1. The van der Waals surface area contributed by atoms with Gasteiger partial charge in [0.2, 0.25) is 16.2 Å². The molecule has 6 nitrogen and oxygen atoms in total. The van der Waals surface area contributed by atoms with Gasteiger partial charge in [-0.25, -0.2) is 4.39 Å². The number of benzene rings is 1. The molecule has 1 N–H and O–H groups in total. The minimum Gasteiger partial charge on any atom is -0.352 e. The molecule has 1 aliphatic heterocycles. The molecular weight excluding hydrogens is 365 g/mol. The first-order valence-corrected chi connectivity index (χ1v) is 9.75. The highest BCUT2D eigenvalue weighted by Crippen LogP contribution is 2.28. The Hall–Kier alpha value is -2.74. The summed E-state index contributed by atoms with van der Waals surface area (Å²) in [6.07, 6.45) is 5.60. The van der Waals surface area contributed by atoms with Gasteiger partial charge in [0.25, 0.3) is 0 Å². The number of hydrogen-bond donors (Lipinski definition) is 1. The molecule has 3 aromatic rings. The van der Waals surface area contributed by atoms with E-state index < -0.39 is 0 Å². The molecule has 1 aliphatic rings. The Bertz CT molecular complexity index is 910. The minimum absolute atomic E-state index is 0.0434. The number of carbonyl (C=O) groups excluding carboxylic acids is 1. The van der Waals surface area contributed by atoms with Crippen molar-refractivity contribution in [2.45, 2.75) is 19.4 Å². The number of aromatic nitrogens is 3. The van der Waals surface area contributed by atoms with Crippen molar-refractivity contribution in [3.05, 3.63) is 60.2 Å². The van der Waals surface area contributed by atoms with E-state index >= 15 is 0 Å². The van der Waals surface area contributed by atoms with Crippen LogP contribution in [0.15, 0.2) is 48.8 Å². The first-order chi connectivity index (χ1) is 13.2. The summed E-state index contributed by atoms with van der Waals surface area (Å²) >= 11 is 1.51. The fourth-order valence-electron chi connectivity index (χ4n) is 3.24.